The molecule has 1 atom stereocenters. The van der Waals surface area contributed by atoms with E-state index in [1.165, 1.54) is 5.56 Å². The van der Waals surface area contributed by atoms with E-state index in [1.54, 1.807) is 0 Å². The number of rotatable bonds is 11. The maximum atomic E-state index is 5.59. The summed E-state index contributed by atoms with van der Waals surface area (Å²) in [5.74, 6) is 0.957. The molecule has 114 valence electrons. The number of hydrogen-bond acceptors (Lipinski definition) is 3. The van der Waals surface area contributed by atoms with Crippen molar-refractivity contribution in [3.05, 3.63) is 29.8 Å². The molecule has 0 aliphatic carbocycles. The number of nitrogens with one attached hydrogen (secondary N) is 1. The molecule has 20 heavy (non-hydrogen) atoms. The summed E-state index contributed by atoms with van der Waals surface area (Å²) in [6, 6.07) is 8.80. The largest absolute Gasteiger partial charge is 0.494 e. The third-order valence-electron chi connectivity index (χ3n) is 3.20. The summed E-state index contributed by atoms with van der Waals surface area (Å²) in [7, 11) is 0. The molecular weight excluding hydrogens is 250 g/mol. The number of ether oxygens (including phenoxy) is 2. The van der Waals surface area contributed by atoms with Crippen LogP contribution in [0.25, 0.3) is 0 Å². The van der Waals surface area contributed by atoms with Gasteiger partial charge in [0.05, 0.1) is 6.61 Å². The molecule has 0 radical (unpaired) electrons. The summed E-state index contributed by atoms with van der Waals surface area (Å²) in [5.41, 5.74) is 1.31. The standard InChI is InChI=1S/C17H29NO2/c1-4-12-18-17(11-8-13-19-5-2)15-9-7-10-16(14-15)20-6-3/h7,9-10,14,17-18H,4-6,8,11-13H2,1-3H3. The average molecular weight is 279 g/mol. The van der Waals surface area contributed by atoms with E-state index in [0.29, 0.717) is 12.6 Å². The summed E-state index contributed by atoms with van der Waals surface area (Å²) >= 11 is 0. The summed E-state index contributed by atoms with van der Waals surface area (Å²) in [5, 5.41) is 3.62. The Hall–Kier alpha value is -1.06. The van der Waals surface area contributed by atoms with Gasteiger partial charge in [0.15, 0.2) is 0 Å². The number of benzene rings is 1. The van der Waals surface area contributed by atoms with Crippen LogP contribution < -0.4 is 10.1 Å². The fraction of sp³-hybridized carbons (Fsp3) is 0.647. The lowest BCUT2D eigenvalue weighted by Gasteiger charge is -2.19. The second-order valence-electron chi connectivity index (χ2n) is 4.85. The molecule has 0 heterocycles. The predicted octanol–water partition coefficient (Wildman–Crippen LogP) is 3.94. The van der Waals surface area contributed by atoms with Crippen molar-refractivity contribution >= 4 is 0 Å². The van der Waals surface area contributed by atoms with Crippen molar-refractivity contribution in [3.63, 3.8) is 0 Å². The third-order valence-corrected chi connectivity index (χ3v) is 3.20. The van der Waals surface area contributed by atoms with Crippen LogP contribution in [0.3, 0.4) is 0 Å². The van der Waals surface area contributed by atoms with Gasteiger partial charge in [-0.3, -0.25) is 0 Å². The Balaban J connectivity index is 2.62. The highest BCUT2D eigenvalue weighted by atomic mass is 16.5. The first-order chi connectivity index (χ1) is 9.81. The fourth-order valence-corrected chi connectivity index (χ4v) is 2.23. The molecule has 0 bridgehead atoms. The van der Waals surface area contributed by atoms with Crippen LogP contribution in [0.5, 0.6) is 5.75 Å². The molecule has 1 rings (SSSR count). The van der Waals surface area contributed by atoms with Gasteiger partial charge in [-0.25, -0.2) is 0 Å². The molecule has 1 unspecified atom stereocenters. The molecule has 3 nitrogen and oxygen atoms in total. The first-order valence-electron chi connectivity index (χ1n) is 7.85. The molecule has 0 saturated carbocycles. The quantitative estimate of drug-likeness (QED) is 0.622. The van der Waals surface area contributed by atoms with E-state index in [-0.39, 0.29) is 0 Å². The van der Waals surface area contributed by atoms with Crippen LogP contribution in [0.15, 0.2) is 24.3 Å². The first kappa shape index (κ1) is 17.0. The average Bonchev–Trinajstić information content (AvgIpc) is 2.47. The molecule has 1 N–H and O–H groups in total. The van der Waals surface area contributed by atoms with Gasteiger partial charge in [-0.1, -0.05) is 19.1 Å². The molecular formula is C17H29NO2. The lowest BCUT2D eigenvalue weighted by molar-refractivity contribution is 0.141. The van der Waals surface area contributed by atoms with Gasteiger partial charge in [-0.05, 0) is 57.4 Å². The molecule has 0 saturated heterocycles. The van der Waals surface area contributed by atoms with Crippen LogP contribution >= 0.6 is 0 Å². The van der Waals surface area contributed by atoms with Crippen LogP contribution in [0, 0.1) is 0 Å². The van der Waals surface area contributed by atoms with Crippen molar-refractivity contribution in [2.45, 2.75) is 46.1 Å². The van der Waals surface area contributed by atoms with Gasteiger partial charge in [0, 0.05) is 19.3 Å². The van der Waals surface area contributed by atoms with Crippen molar-refractivity contribution < 1.29 is 9.47 Å². The Bertz CT molecular complexity index is 355. The molecule has 0 aliphatic heterocycles. The second kappa shape index (κ2) is 10.7. The molecule has 3 heteroatoms. The molecule has 0 aliphatic rings. The van der Waals surface area contributed by atoms with Gasteiger partial charge in [0.2, 0.25) is 0 Å². The van der Waals surface area contributed by atoms with Crippen molar-refractivity contribution in [2.75, 3.05) is 26.4 Å². The van der Waals surface area contributed by atoms with E-state index in [2.05, 4.69) is 30.4 Å². The zero-order chi connectivity index (χ0) is 14.6. The van der Waals surface area contributed by atoms with E-state index in [9.17, 15) is 0 Å². The van der Waals surface area contributed by atoms with Gasteiger partial charge in [-0.15, -0.1) is 0 Å². The highest BCUT2D eigenvalue weighted by Crippen LogP contribution is 2.23. The van der Waals surface area contributed by atoms with Gasteiger partial charge in [0.1, 0.15) is 5.75 Å². The predicted molar refractivity (Wildman–Crippen MR) is 84.4 cm³/mol. The van der Waals surface area contributed by atoms with E-state index in [1.807, 2.05) is 19.9 Å². The summed E-state index contributed by atoms with van der Waals surface area (Å²) < 4.78 is 11.0. The molecule has 1 aromatic rings. The monoisotopic (exact) mass is 279 g/mol. The van der Waals surface area contributed by atoms with E-state index in [4.69, 9.17) is 9.47 Å². The zero-order valence-corrected chi connectivity index (χ0v) is 13.2. The van der Waals surface area contributed by atoms with Crippen LogP contribution in [-0.4, -0.2) is 26.4 Å². The Kier molecular flexibility index (Phi) is 9.09. The molecule has 0 fully saturated rings. The van der Waals surface area contributed by atoms with Gasteiger partial charge in [0.25, 0.3) is 0 Å². The van der Waals surface area contributed by atoms with Crippen LogP contribution in [0.2, 0.25) is 0 Å². The fourth-order valence-electron chi connectivity index (χ4n) is 2.23. The van der Waals surface area contributed by atoms with Gasteiger partial charge < -0.3 is 14.8 Å². The number of hydrogen-bond donors (Lipinski definition) is 1. The summed E-state index contributed by atoms with van der Waals surface area (Å²) in [4.78, 5) is 0. The first-order valence-corrected chi connectivity index (χ1v) is 7.85. The smallest absolute Gasteiger partial charge is 0.119 e. The molecule has 0 spiro atoms. The van der Waals surface area contributed by atoms with Crippen LogP contribution in [0.1, 0.15) is 51.6 Å². The van der Waals surface area contributed by atoms with E-state index >= 15 is 0 Å². The van der Waals surface area contributed by atoms with Crippen molar-refractivity contribution in [3.8, 4) is 5.75 Å². The van der Waals surface area contributed by atoms with E-state index < -0.39 is 0 Å². The second-order valence-corrected chi connectivity index (χ2v) is 4.85. The normalized spacial score (nSPS) is 12.3. The van der Waals surface area contributed by atoms with Crippen LogP contribution in [-0.2, 0) is 4.74 Å². The van der Waals surface area contributed by atoms with Gasteiger partial charge >= 0.3 is 0 Å². The molecule has 0 amide bonds. The maximum Gasteiger partial charge on any atom is 0.119 e. The SMILES string of the molecule is CCCNC(CCCOCC)c1cccc(OCC)c1. The van der Waals surface area contributed by atoms with Crippen molar-refractivity contribution in [1.29, 1.82) is 0 Å². The molecule has 1 aromatic carbocycles. The minimum atomic E-state index is 0.385. The van der Waals surface area contributed by atoms with E-state index in [0.717, 1.165) is 44.8 Å². The van der Waals surface area contributed by atoms with Crippen LogP contribution in [0.4, 0.5) is 0 Å². The Morgan fingerprint density at radius 1 is 1.15 bits per heavy atom. The lowest BCUT2D eigenvalue weighted by Crippen LogP contribution is -2.22. The summed E-state index contributed by atoms with van der Waals surface area (Å²) in [6.45, 7) is 9.64. The van der Waals surface area contributed by atoms with Crippen molar-refractivity contribution in [2.24, 2.45) is 0 Å². The minimum absolute atomic E-state index is 0.385. The van der Waals surface area contributed by atoms with Crippen molar-refractivity contribution in [1.82, 2.24) is 5.32 Å². The highest BCUT2D eigenvalue weighted by Gasteiger charge is 2.11. The van der Waals surface area contributed by atoms with Gasteiger partial charge in [-0.2, -0.15) is 0 Å². The lowest BCUT2D eigenvalue weighted by atomic mass is 10.0. The topological polar surface area (TPSA) is 30.5 Å². The maximum absolute atomic E-state index is 5.59. The third kappa shape index (κ3) is 6.40. The summed E-state index contributed by atoms with van der Waals surface area (Å²) in [6.07, 6.45) is 3.32. The Labute approximate surface area is 123 Å². The molecule has 0 aromatic heterocycles. The Morgan fingerprint density at radius 3 is 2.70 bits per heavy atom. The highest BCUT2D eigenvalue weighted by molar-refractivity contribution is 5.30. The zero-order valence-electron chi connectivity index (χ0n) is 13.2. The Morgan fingerprint density at radius 2 is 2.00 bits per heavy atom. The minimum Gasteiger partial charge on any atom is -0.494 e.